The summed E-state index contributed by atoms with van der Waals surface area (Å²) in [5.41, 5.74) is 1.15. The molecule has 0 aliphatic heterocycles. The monoisotopic (exact) mass is 253 g/mol. The SMILES string of the molecule is CC1CC(NC(C)(C)CC(C)(C)C)CC(C)(C)C1. The molecular formula is C17H35N. The van der Waals surface area contributed by atoms with E-state index >= 15 is 0 Å². The van der Waals surface area contributed by atoms with Gasteiger partial charge in [0, 0.05) is 11.6 Å². The lowest BCUT2D eigenvalue weighted by Gasteiger charge is -2.44. The van der Waals surface area contributed by atoms with Gasteiger partial charge in [-0.25, -0.2) is 0 Å². The highest BCUT2D eigenvalue weighted by atomic mass is 15.0. The molecule has 1 fully saturated rings. The Bertz CT molecular complexity index is 270. The minimum absolute atomic E-state index is 0.246. The van der Waals surface area contributed by atoms with Crippen LogP contribution in [0.2, 0.25) is 0 Å². The molecule has 1 heteroatoms. The number of nitrogens with one attached hydrogen (secondary N) is 1. The Labute approximate surface area is 115 Å². The first-order valence-corrected chi connectivity index (χ1v) is 7.66. The second-order valence-electron chi connectivity index (χ2n) is 9.38. The molecule has 0 amide bonds. The third-order valence-corrected chi connectivity index (χ3v) is 3.95. The summed E-state index contributed by atoms with van der Waals surface area (Å²) in [5, 5.41) is 3.94. The van der Waals surface area contributed by atoms with Crippen LogP contribution in [0, 0.1) is 16.7 Å². The Hall–Kier alpha value is -0.0400. The van der Waals surface area contributed by atoms with Crippen LogP contribution in [0.4, 0.5) is 0 Å². The molecule has 2 unspecified atom stereocenters. The smallest absolute Gasteiger partial charge is 0.0132 e. The molecule has 0 aromatic rings. The quantitative estimate of drug-likeness (QED) is 0.746. The van der Waals surface area contributed by atoms with Crippen molar-refractivity contribution in [3.8, 4) is 0 Å². The van der Waals surface area contributed by atoms with Crippen molar-refractivity contribution in [3.05, 3.63) is 0 Å². The molecule has 1 rings (SSSR count). The molecular weight excluding hydrogens is 218 g/mol. The molecule has 1 saturated carbocycles. The average molecular weight is 253 g/mol. The number of rotatable bonds is 3. The second-order valence-corrected chi connectivity index (χ2v) is 9.38. The fourth-order valence-electron chi connectivity index (χ4n) is 4.39. The van der Waals surface area contributed by atoms with Gasteiger partial charge < -0.3 is 5.32 Å². The van der Waals surface area contributed by atoms with E-state index < -0.39 is 0 Å². The zero-order valence-electron chi connectivity index (χ0n) is 14.0. The van der Waals surface area contributed by atoms with Crippen molar-refractivity contribution in [2.24, 2.45) is 16.7 Å². The summed E-state index contributed by atoms with van der Waals surface area (Å²) in [6.45, 7) is 19.0. The summed E-state index contributed by atoms with van der Waals surface area (Å²) in [6, 6.07) is 0.695. The van der Waals surface area contributed by atoms with Crippen molar-refractivity contribution in [2.75, 3.05) is 0 Å². The Morgan fingerprint density at radius 2 is 1.61 bits per heavy atom. The van der Waals surface area contributed by atoms with E-state index in [4.69, 9.17) is 0 Å². The fraction of sp³-hybridized carbons (Fsp3) is 1.00. The number of hydrogen-bond acceptors (Lipinski definition) is 1. The highest BCUT2D eigenvalue weighted by Crippen LogP contribution is 2.39. The minimum Gasteiger partial charge on any atom is -0.309 e. The maximum atomic E-state index is 3.94. The summed E-state index contributed by atoms with van der Waals surface area (Å²) in [7, 11) is 0. The van der Waals surface area contributed by atoms with Gasteiger partial charge in [-0.2, -0.15) is 0 Å². The zero-order valence-corrected chi connectivity index (χ0v) is 14.0. The zero-order chi connectivity index (χ0) is 14.2. The van der Waals surface area contributed by atoms with Crippen LogP contribution in [0.5, 0.6) is 0 Å². The molecule has 1 nitrogen and oxygen atoms in total. The van der Waals surface area contributed by atoms with E-state index in [0.29, 0.717) is 16.9 Å². The Morgan fingerprint density at radius 3 is 2.06 bits per heavy atom. The molecule has 0 bridgehead atoms. The van der Waals surface area contributed by atoms with Gasteiger partial charge in [0.25, 0.3) is 0 Å². The van der Waals surface area contributed by atoms with E-state index in [9.17, 15) is 0 Å². The van der Waals surface area contributed by atoms with Crippen molar-refractivity contribution >= 4 is 0 Å². The maximum Gasteiger partial charge on any atom is 0.0132 e. The molecule has 108 valence electrons. The predicted octanol–water partition coefficient (Wildman–Crippen LogP) is 5.01. The topological polar surface area (TPSA) is 12.0 Å². The highest BCUT2D eigenvalue weighted by Gasteiger charge is 2.35. The van der Waals surface area contributed by atoms with Gasteiger partial charge in [0.15, 0.2) is 0 Å². The lowest BCUT2D eigenvalue weighted by atomic mass is 9.70. The van der Waals surface area contributed by atoms with Crippen molar-refractivity contribution in [2.45, 2.75) is 92.7 Å². The summed E-state index contributed by atoms with van der Waals surface area (Å²) >= 11 is 0. The van der Waals surface area contributed by atoms with E-state index in [0.717, 1.165) is 5.92 Å². The first-order valence-electron chi connectivity index (χ1n) is 7.66. The molecule has 1 N–H and O–H groups in total. The van der Waals surface area contributed by atoms with Gasteiger partial charge in [0.2, 0.25) is 0 Å². The minimum atomic E-state index is 0.246. The molecule has 0 aromatic carbocycles. The third-order valence-electron chi connectivity index (χ3n) is 3.95. The van der Waals surface area contributed by atoms with Gasteiger partial charge in [-0.3, -0.25) is 0 Å². The maximum absolute atomic E-state index is 3.94. The molecule has 0 spiro atoms. The summed E-state index contributed by atoms with van der Waals surface area (Å²) in [4.78, 5) is 0. The molecule has 0 heterocycles. The third kappa shape index (κ3) is 5.73. The van der Waals surface area contributed by atoms with Crippen LogP contribution in [-0.4, -0.2) is 11.6 Å². The van der Waals surface area contributed by atoms with Gasteiger partial charge in [-0.05, 0) is 56.3 Å². The van der Waals surface area contributed by atoms with Gasteiger partial charge in [0.05, 0.1) is 0 Å². The van der Waals surface area contributed by atoms with Gasteiger partial charge >= 0.3 is 0 Å². The molecule has 1 aliphatic rings. The average Bonchev–Trinajstić information content (AvgIpc) is 1.90. The number of hydrogen-bond donors (Lipinski definition) is 1. The van der Waals surface area contributed by atoms with Gasteiger partial charge in [-0.15, -0.1) is 0 Å². The second kappa shape index (κ2) is 5.15. The van der Waals surface area contributed by atoms with Crippen LogP contribution < -0.4 is 5.32 Å². The van der Waals surface area contributed by atoms with Crippen LogP contribution in [0.15, 0.2) is 0 Å². The first-order chi connectivity index (χ1) is 7.89. The molecule has 0 radical (unpaired) electrons. The van der Waals surface area contributed by atoms with Crippen LogP contribution in [0.3, 0.4) is 0 Å². The fourth-order valence-corrected chi connectivity index (χ4v) is 4.39. The van der Waals surface area contributed by atoms with Crippen LogP contribution in [-0.2, 0) is 0 Å². The van der Waals surface area contributed by atoms with E-state index in [1.165, 1.54) is 25.7 Å². The highest BCUT2D eigenvalue weighted by molar-refractivity contribution is 4.92. The Morgan fingerprint density at radius 1 is 1.06 bits per heavy atom. The van der Waals surface area contributed by atoms with E-state index in [1.807, 2.05) is 0 Å². The molecule has 1 aliphatic carbocycles. The van der Waals surface area contributed by atoms with Crippen LogP contribution in [0.1, 0.15) is 81.1 Å². The Balaban J connectivity index is 2.61. The first kappa shape index (κ1) is 16.0. The predicted molar refractivity (Wildman–Crippen MR) is 81.9 cm³/mol. The van der Waals surface area contributed by atoms with Gasteiger partial charge in [-0.1, -0.05) is 41.5 Å². The summed E-state index contributed by atoms with van der Waals surface area (Å²) < 4.78 is 0. The van der Waals surface area contributed by atoms with E-state index in [1.54, 1.807) is 0 Å². The summed E-state index contributed by atoms with van der Waals surface area (Å²) in [5.74, 6) is 0.858. The van der Waals surface area contributed by atoms with Crippen molar-refractivity contribution < 1.29 is 0 Å². The normalized spacial score (nSPS) is 29.3. The van der Waals surface area contributed by atoms with Crippen molar-refractivity contribution in [3.63, 3.8) is 0 Å². The lowest BCUT2D eigenvalue weighted by molar-refractivity contribution is 0.119. The van der Waals surface area contributed by atoms with Crippen molar-refractivity contribution in [1.29, 1.82) is 0 Å². The molecule has 0 saturated heterocycles. The van der Waals surface area contributed by atoms with Crippen molar-refractivity contribution in [1.82, 2.24) is 5.32 Å². The molecule has 0 aromatic heterocycles. The van der Waals surface area contributed by atoms with E-state index in [-0.39, 0.29) is 5.54 Å². The van der Waals surface area contributed by atoms with Gasteiger partial charge in [0.1, 0.15) is 0 Å². The Kier molecular flexibility index (Phi) is 4.58. The standard InChI is InChI=1S/C17H35N/c1-13-9-14(11-16(5,6)10-13)18-17(7,8)12-15(2,3)4/h13-14,18H,9-12H2,1-8H3. The van der Waals surface area contributed by atoms with E-state index in [2.05, 4.69) is 60.7 Å². The summed E-state index contributed by atoms with van der Waals surface area (Å²) in [6.07, 6.45) is 5.28. The molecule has 18 heavy (non-hydrogen) atoms. The molecule has 2 atom stereocenters. The van der Waals surface area contributed by atoms with Crippen LogP contribution >= 0.6 is 0 Å². The lowest BCUT2D eigenvalue weighted by Crippen LogP contribution is -2.51. The van der Waals surface area contributed by atoms with Crippen LogP contribution in [0.25, 0.3) is 0 Å². The largest absolute Gasteiger partial charge is 0.309 e.